The van der Waals surface area contributed by atoms with E-state index in [0.717, 1.165) is 11.8 Å². The number of nitrogens with one attached hydrogen (secondary N) is 2. The molecule has 0 radical (unpaired) electrons. The second-order valence-electron chi connectivity index (χ2n) is 6.41. The zero-order valence-electron chi connectivity index (χ0n) is 16.3. The molecule has 9 nitrogen and oxygen atoms in total. The third-order valence-electron chi connectivity index (χ3n) is 4.10. The Hall–Kier alpha value is -3.73. The van der Waals surface area contributed by atoms with Gasteiger partial charge >= 0.3 is 5.97 Å². The normalized spacial score (nSPS) is 10.5. The summed E-state index contributed by atoms with van der Waals surface area (Å²) in [5, 5.41) is 22.7. The standard InChI is InChI=1S/C20H18FN5O4S/c1-26-16(10-17(27)22-14-7-5-13(21)6-8-14)24-25-20(26)31-11-18(28)23-15-4-2-3-12(9-15)19(29)30/h2-9H,10-11H2,1H3,(H,22,27)(H,23,28)(H,29,30). The van der Waals surface area contributed by atoms with E-state index in [2.05, 4.69) is 20.8 Å². The summed E-state index contributed by atoms with van der Waals surface area (Å²) in [6.07, 6.45) is -0.0460. The number of halogens is 1. The molecule has 0 spiro atoms. The number of hydrogen-bond acceptors (Lipinski definition) is 6. The molecule has 0 aliphatic heterocycles. The van der Waals surface area contributed by atoms with Crippen LogP contribution in [-0.4, -0.2) is 43.4 Å². The zero-order chi connectivity index (χ0) is 22.4. The number of carboxylic acid groups (broad SMARTS) is 1. The molecule has 0 aliphatic carbocycles. The van der Waals surface area contributed by atoms with Crippen LogP contribution in [0.25, 0.3) is 0 Å². The second-order valence-corrected chi connectivity index (χ2v) is 7.35. The quantitative estimate of drug-likeness (QED) is 0.457. The fraction of sp³-hybridized carbons (Fsp3) is 0.150. The number of amides is 2. The molecule has 0 atom stereocenters. The number of benzene rings is 2. The Balaban J connectivity index is 1.53. The summed E-state index contributed by atoms with van der Waals surface area (Å²) in [7, 11) is 1.68. The molecule has 1 heterocycles. The lowest BCUT2D eigenvalue weighted by Gasteiger charge is -2.07. The van der Waals surface area contributed by atoms with Crippen molar-refractivity contribution < 1.29 is 23.9 Å². The summed E-state index contributed by atoms with van der Waals surface area (Å²) in [6, 6.07) is 11.3. The minimum Gasteiger partial charge on any atom is -0.478 e. The van der Waals surface area contributed by atoms with Crippen LogP contribution < -0.4 is 10.6 Å². The third-order valence-corrected chi connectivity index (χ3v) is 5.12. The van der Waals surface area contributed by atoms with Crippen molar-refractivity contribution in [2.45, 2.75) is 11.6 Å². The molecule has 2 aromatic carbocycles. The van der Waals surface area contributed by atoms with E-state index in [9.17, 15) is 18.8 Å². The average molecular weight is 443 g/mol. The fourth-order valence-corrected chi connectivity index (χ4v) is 3.29. The first-order chi connectivity index (χ1) is 14.8. The van der Waals surface area contributed by atoms with Crippen LogP contribution in [0.15, 0.2) is 53.7 Å². The van der Waals surface area contributed by atoms with Gasteiger partial charge in [-0.1, -0.05) is 17.8 Å². The molecule has 31 heavy (non-hydrogen) atoms. The number of aromatic carboxylic acids is 1. The molecule has 0 saturated carbocycles. The minimum atomic E-state index is -1.08. The molecule has 0 fully saturated rings. The number of carbonyl (C=O) groups excluding carboxylic acids is 2. The molecule has 160 valence electrons. The third kappa shape index (κ3) is 6.12. The summed E-state index contributed by atoms with van der Waals surface area (Å²) in [5.41, 5.74) is 0.913. The first-order valence-corrected chi connectivity index (χ1v) is 10.00. The summed E-state index contributed by atoms with van der Waals surface area (Å²) >= 11 is 1.13. The highest BCUT2D eigenvalue weighted by molar-refractivity contribution is 7.99. The second kappa shape index (κ2) is 9.85. The van der Waals surface area contributed by atoms with Gasteiger partial charge in [0.1, 0.15) is 11.6 Å². The molecule has 0 aliphatic rings. The molecule has 3 rings (SSSR count). The monoisotopic (exact) mass is 443 g/mol. The van der Waals surface area contributed by atoms with Crippen molar-refractivity contribution in [2.75, 3.05) is 16.4 Å². The molecular formula is C20H18FN5O4S. The predicted molar refractivity (Wildman–Crippen MR) is 112 cm³/mol. The number of rotatable bonds is 8. The van der Waals surface area contributed by atoms with Crippen LogP contribution >= 0.6 is 11.8 Å². The number of carbonyl (C=O) groups is 3. The topological polar surface area (TPSA) is 126 Å². The van der Waals surface area contributed by atoms with Crippen LogP contribution in [0.3, 0.4) is 0 Å². The smallest absolute Gasteiger partial charge is 0.335 e. The molecule has 0 bridgehead atoms. The average Bonchev–Trinajstić information content (AvgIpc) is 3.07. The van der Waals surface area contributed by atoms with Crippen LogP contribution in [0.1, 0.15) is 16.2 Å². The molecule has 2 amide bonds. The Morgan fingerprint density at radius 1 is 1.03 bits per heavy atom. The first kappa shape index (κ1) is 22.0. The number of carboxylic acids is 1. The number of thioether (sulfide) groups is 1. The van der Waals surface area contributed by atoms with Crippen molar-refractivity contribution in [1.29, 1.82) is 0 Å². The van der Waals surface area contributed by atoms with E-state index in [-0.39, 0.29) is 29.6 Å². The largest absolute Gasteiger partial charge is 0.478 e. The van der Waals surface area contributed by atoms with Gasteiger partial charge in [0.05, 0.1) is 17.7 Å². The fourth-order valence-electron chi connectivity index (χ4n) is 2.56. The Morgan fingerprint density at radius 2 is 1.74 bits per heavy atom. The first-order valence-electron chi connectivity index (χ1n) is 9.01. The van der Waals surface area contributed by atoms with Crippen LogP contribution in [0.5, 0.6) is 0 Å². The molecule has 3 N–H and O–H groups in total. The van der Waals surface area contributed by atoms with E-state index in [1.54, 1.807) is 17.7 Å². The Kier molecular flexibility index (Phi) is 6.98. The van der Waals surface area contributed by atoms with Crippen molar-refractivity contribution in [3.63, 3.8) is 0 Å². The van der Waals surface area contributed by atoms with Crippen LogP contribution in [0, 0.1) is 5.82 Å². The van der Waals surface area contributed by atoms with Crippen LogP contribution in [-0.2, 0) is 23.1 Å². The van der Waals surface area contributed by atoms with Gasteiger partial charge in [-0.05, 0) is 42.5 Å². The Bertz CT molecular complexity index is 1120. The SMILES string of the molecule is Cn1c(CC(=O)Nc2ccc(F)cc2)nnc1SCC(=O)Nc1cccc(C(=O)O)c1. The Morgan fingerprint density at radius 3 is 2.45 bits per heavy atom. The van der Waals surface area contributed by atoms with Gasteiger partial charge in [0, 0.05) is 18.4 Å². The van der Waals surface area contributed by atoms with Gasteiger partial charge in [-0.15, -0.1) is 10.2 Å². The van der Waals surface area contributed by atoms with Gasteiger partial charge in [-0.3, -0.25) is 9.59 Å². The molecule has 0 saturated heterocycles. The highest BCUT2D eigenvalue weighted by atomic mass is 32.2. The van der Waals surface area contributed by atoms with Gasteiger partial charge < -0.3 is 20.3 Å². The lowest BCUT2D eigenvalue weighted by molar-refractivity contribution is -0.116. The van der Waals surface area contributed by atoms with E-state index in [0.29, 0.717) is 22.4 Å². The highest BCUT2D eigenvalue weighted by Gasteiger charge is 2.15. The number of anilines is 2. The van der Waals surface area contributed by atoms with Gasteiger partial charge in [0.25, 0.3) is 0 Å². The molecular weight excluding hydrogens is 425 g/mol. The van der Waals surface area contributed by atoms with Crippen LogP contribution in [0.4, 0.5) is 15.8 Å². The van der Waals surface area contributed by atoms with E-state index in [1.165, 1.54) is 42.5 Å². The van der Waals surface area contributed by atoms with E-state index >= 15 is 0 Å². The van der Waals surface area contributed by atoms with Crippen LogP contribution in [0.2, 0.25) is 0 Å². The van der Waals surface area contributed by atoms with Crippen molar-refractivity contribution in [3.05, 3.63) is 65.7 Å². The van der Waals surface area contributed by atoms with Gasteiger partial charge in [-0.2, -0.15) is 0 Å². The lowest BCUT2D eigenvalue weighted by Crippen LogP contribution is -2.17. The highest BCUT2D eigenvalue weighted by Crippen LogP contribution is 2.18. The number of nitrogens with zero attached hydrogens (tertiary/aromatic N) is 3. The van der Waals surface area contributed by atoms with Crippen molar-refractivity contribution in [3.8, 4) is 0 Å². The predicted octanol–water partition coefficient (Wildman–Crippen LogP) is 2.56. The van der Waals surface area contributed by atoms with E-state index < -0.39 is 11.8 Å². The van der Waals surface area contributed by atoms with E-state index in [4.69, 9.17) is 5.11 Å². The van der Waals surface area contributed by atoms with Gasteiger partial charge in [0.15, 0.2) is 5.16 Å². The van der Waals surface area contributed by atoms with Crippen molar-refractivity contribution in [2.24, 2.45) is 7.05 Å². The summed E-state index contributed by atoms with van der Waals surface area (Å²) in [5.74, 6) is -1.74. The minimum absolute atomic E-state index is 0.0189. The van der Waals surface area contributed by atoms with Gasteiger partial charge in [-0.25, -0.2) is 9.18 Å². The van der Waals surface area contributed by atoms with Gasteiger partial charge in [0.2, 0.25) is 11.8 Å². The lowest BCUT2D eigenvalue weighted by atomic mass is 10.2. The Labute approximate surface area is 180 Å². The molecule has 11 heteroatoms. The summed E-state index contributed by atoms with van der Waals surface area (Å²) in [4.78, 5) is 35.3. The van der Waals surface area contributed by atoms with Crippen molar-refractivity contribution >= 4 is 40.9 Å². The summed E-state index contributed by atoms with van der Waals surface area (Å²) in [6.45, 7) is 0. The van der Waals surface area contributed by atoms with Crippen molar-refractivity contribution in [1.82, 2.24) is 14.8 Å². The number of hydrogen-bond donors (Lipinski definition) is 3. The number of aromatic nitrogens is 3. The molecule has 1 aromatic heterocycles. The maximum atomic E-state index is 12.9. The zero-order valence-corrected chi connectivity index (χ0v) is 17.1. The molecule has 3 aromatic rings. The maximum Gasteiger partial charge on any atom is 0.335 e. The maximum absolute atomic E-state index is 12.9. The summed E-state index contributed by atoms with van der Waals surface area (Å²) < 4.78 is 14.5. The van der Waals surface area contributed by atoms with E-state index in [1.807, 2.05) is 0 Å². The molecule has 0 unspecified atom stereocenters.